The predicted octanol–water partition coefficient (Wildman–Crippen LogP) is 0.778. The van der Waals surface area contributed by atoms with Crippen LogP contribution in [0.1, 0.15) is 16.1 Å². The van der Waals surface area contributed by atoms with Crippen molar-refractivity contribution in [2.75, 3.05) is 13.4 Å². The summed E-state index contributed by atoms with van der Waals surface area (Å²) in [7, 11) is -2.20. The van der Waals surface area contributed by atoms with E-state index in [1.54, 1.807) is 0 Å². The molecular formula is C8H10O5S. The lowest BCUT2D eigenvalue weighted by molar-refractivity contribution is 0.0599. The maximum absolute atomic E-state index is 11.1. The summed E-state index contributed by atoms with van der Waals surface area (Å²) in [6.07, 6.45) is 1.01. The van der Waals surface area contributed by atoms with Gasteiger partial charge in [0.05, 0.1) is 7.11 Å². The molecule has 0 aliphatic rings. The zero-order valence-corrected chi connectivity index (χ0v) is 8.84. The molecule has 0 radical (unpaired) electrons. The molecule has 0 atom stereocenters. The van der Waals surface area contributed by atoms with Gasteiger partial charge in [-0.2, -0.15) is 0 Å². The molecule has 1 heterocycles. The minimum atomic E-state index is -3.42. The molecule has 0 saturated carbocycles. The topological polar surface area (TPSA) is 73.6 Å². The van der Waals surface area contributed by atoms with Crippen LogP contribution < -0.4 is 0 Å². The Morgan fingerprint density at radius 2 is 2.07 bits per heavy atom. The fourth-order valence-electron chi connectivity index (χ4n) is 0.950. The van der Waals surface area contributed by atoms with Crippen LogP contribution in [-0.2, 0) is 14.6 Å². The molecule has 5 nitrogen and oxygen atoms in total. The highest BCUT2D eigenvalue weighted by Gasteiger charge is 2.20. The van der Waals surface area contributed by atoms with Crippen molar-refractivity contribution in [2.45, 2.75) is 12.0 Å². The fraction of sp³-hybridized carbons (Fsp3) is 0.375. The summed E-state index contributed by atoms with van der Waals surface area (Å²) in [5, 5.41) is -0.226. The van der Waals surface area contributed by atoms with Gasteiger partial charge in [-0.3, -0.25) is 0 Å². The quantitative estimate of drug-likeness (QED) is 0.686. The monoisotopic (exact) mass is 218 g/mol. The largest absolute Gasteiger partial charge is 0.465 e. The number of esters is 1. The first-order valence-corrected chi connectivity index (χ1v) is 5.64. The van der Waals surface area contributed by atoms with E-state index >= 15 is 0 Å². The Morgan fingerprint density at radius 3 is 2.43 bits per heavy atom. The Bertz CT molecular complexity index is 454. The SMILES string of the molecule is COC(=O)c1cc(S(C)(=O)=O)oc1C. The third kappa shape index (κ3) is 1.95. The second-order valence-electron chi connectivity index (χ2n) is 2.80. The number of carbonyl (C=O) groups is 1. The molecule has 1 rings (SSSR count). The van der Waals surface area contributed by atoms with E-state index in [-0.39, 0.29) is 16.4 Å². The summed E-state index contributed by atoms with van der Waals surface area (Å²) in [6.45, 7) is 1.50. The predicted molar refractivity (Wildman–Crippen MR) is 47.9 cm³/mol. The van der Waals surface area contributed by atoms with Crippen LogP contribution in [0.4, 0.5) is 0 Å². The van der Waals surface area contributed by atoms with E-state index < -0.39 is 15.8 Å². The Labute approximate surface area is 81.6 Å². The van der Waals surface area contributed by atoms with Crippen LogP contribution in [0.15, 0.2) is 15.6 Å². The molecule has 6 heteroatoms. The van der Waals surface area contributed by atoms with Gasteiger partial charge in [0.1, 0.15) is 11.3 Å². The molecule has 0 amide bonds. The fourth-order valence-corrected chi connectivity index (χ4v) is 1.56. The van der Waals surface area contributed by atoms with Gasteiger partial charge in [-0.25, -0.2) is 13.2 Å². The van der Waals surface area contributed by atoms with Gasteiger partial charge < -0.3 is 9.15 Å². The molecule has 0 aliphatic heterocycles. The lowest BCUT2D eigenvalue weighted by Gasteiger charge is -1.93. The second-order valence-corrected chi connectivity index (χ2v) is 4.75. The number of methoxy groups -OCH3 is 1. The molecule has 0 unspecified atom stereocenters. The molecule has 0 N–H and O–H groups in total. The van der Waals surface area contributed by atoms with Crippen molar-refractivity contribution < 1.29 is 22.4 Å². The number of carbonyl (C=O) groups excluding carboxylic acids is 1. The minimum Gasteiger partial charge on any atom is -0.465 e. The van der Waals surface area contributed by atoms with Crippen LogP contribution >= 0.6 is 0 Å². The molecule has 0 saturated heterocycles. The van der Waals surface area contributed by atoms with Gasteiger partial charge in [0, 0.05) is 12.3 Å². The lowest BCUT2D eigenvalue weighted by atomic mass is 10.3. The van der Waals surface area contributed by atoms with E-state index in [1.807, 2.05) is 0 Å². The van der Waals surface area contributed by atoms with Crippen molar-refractivity contribution in [1.82, 2.24) is 0 Å². The highest BCUT2D eigenvalue weighted by Crippen LogP contribution is 2.19. The van der Waals surface area contributed by atoms with Crippen molar-refractivity contribution in [2.24, 2.45) is 0 Å². The minimum absolute atomic E-state index is 0.132. The lowest BCUT2D eigenvalue weighted by Crippen LogP contribution is -2.01. The number of sulfone groups is 1. The van der Waals surface area contributed by atoms with Crippen molar-refractivity contribution in [3.8, 4) is 0 Å². The van der Waals surface area contributed by atoms with Gasteiger partial charge >= 0.3 is 5.97 Å². The van der Waals surface area contributed by atoms with Crippen LogP contribution in [0.25, 0.3) is 0 Å². The summed E-state index contributed by atoms with van der Waals surface area (Å²) >= 11 is 0. The Kier molecular flexibility index (Phi) is 2.66. The molecule has 14 heavy (non-hydrogen) atoms. The summed E-state index contributed by atoms with van der Waals surface area (Å²) in [5.41, 5.74) is 0.132. The standard InChI is InChI=1S/C8H10O5S/c1-5-6(8(9)12-2)4-7(13-5)14(3,10)11/h4H,1-3H3. The number of rotatable bonds is 2. The van der Waals surface area contributed by atoms with Gasteiger partial charge in [-0.15, -0.1) is 0 Å². The normalized spacial score (nSPS) is 11.4. The molecule has 0 spiro atoms. The van der Waals surface area contributed by atoms with Crippen LogP contribution in [0.3, 0.4) is 0 Å². The van der Waals surface area contributed by atoms with Crippen LogP contribution in [0, 0.1) is 6.92 Å². The Balaban J connectivity index is 3.25. The molecular weight excluding hydrogens is 208 g/mol. The van der Waals surface area contributed by atoms with Gasteiger partial charge in [0.2, 0.25) is 14.9 Å². The molecule has 0 aliphatic carbocycles. The summed E-state index contributed by atoms with van der Waals surface area (Å²) in [5.74, 6) is -0.376. The van der Waals surface area contributed by atoms with Gasteiger partial charge in [0.25, 0.3) is 0 Å². The number of hydrogen-bond donors (Lipinski definition) is 0. The molecule has 0 fully saturated rings. The zero-order chi connectivity index (χ0) is 10.9. The Morgan fingerprint density at radius 1 is 1.50 bits per heavy atom. The number of ether oxygens (including phenoxy) is 1. The highest BCUT2D eigenvalue weighted by atomic mass is 32.2. The van der Waals surface area contributed by atoms with Gasteiger partial charge in [0.15, 0.2) is 0 Å². The third-order valence-corrected chi connectivity index (χ3v) is 2.60. The van der Waals surface area contributed by atoms with E-state index in [0.717, 1.165) is 12.3 Å². The van der Waals surface area contributed by atoms with E-state index in [4.69, 9.17) is 4.42 Å². The molecule has 1 aromatic heterocycles. The third-order valence-electron chi connectivity index (χ3n) is 1.67. The van der Waals surface area contributed by atoms with Crippen molar-refractivity contribution >= 4 is 15.8 Å². The molecule has 78 valence electrons. The van der Waals surface area contributed by atoms with E-state index in [9.17, 15) is 13.2 Å². The molecule has 0 aromatic carbocycles. The second kappa shape index (κ2) is 3.45. The zero-order valence-electron chi connectivity index (χ0n) is 8.03. The van der Waals surface area contributed by atoms with E-state index in [1.165, 1.54) is 14.0 Å². The average Bonchev–Trinajstić information content (AvgIpc) is 2.45. The summed E-state index contributed by atoms with van der Waals surface area (Å²) in [6, 6.07) is 1.16. The highest BCUT2D eigenvalue weighted by molar-refractivity contribution is 7.90. The first kappa shape index (κ1) is 10.8. The van der Waals surface area contributed by atoms with Crippen molar-refractivity contribution in [1.29, 1.82) is 0 Å². The van der Waals surface area contributed by atoms with Gasteiger partial charge in [-0.1, -0.05) is 0 Å². The van der Waals surface area contributed by atoms with Crippen LogP contribution in [-0.4, -0.2) is 27.8 Å². The number of furan rings is 1. The maximum atomic E-state index is 11.1. The van der Waals surface area contributed by atoms with E-state index in [2.05, 4.69) is 4.74 Å². The average molecular weight is 218 g/mol. The number of hydrogen-bond acceptors (Lipinski definition) is 5. The van der Waals surface area contributed by atoms with Crippen LogP contribution in [0.2, 0.25) is 0 Å². The van der Waals surface area contributed by atoms with E-state index in [0.29, 0.717) is 0 Å². The summed E-state index contributed by atoms with van der Waals surface area (Å²) < 4.78 is 31.5. The van der Waals surface area contributed by atoms with Crippen molar-refractivity contribution in [3.63, 3.8) is 0 Å². The summed E-state index contributed by atoms with van der Waals surface area (Å²) in [4.78, 5) is 11.1. The number of aryl methyl sites for hydroxylation is 1. The first-order valence-electron chi connectivity index (χ1n) is 3.75. The molecule has 0 bridgehead atoms. The van der Waals surface area contributed by atoms with Crippen molar-refractivity contribution in [3.05, 3.63) is 17.4 Å². The van der Waals surface area contributed by atoms with Crippen LogP contribution in [0.5, 0.6) is 0 Å². The molecule has 1 aromatic rings. The smallest absolute Gasteiger partial charge is 0.341 e. The Hall–Kier alpha value is -1.30. The van der Waals surface area contributed by atoms with Gasteiger partial charge in [-0.05, 0) is 6.92 Å². The maximum Gasteiger partial charge on any atom is 0.341 e. The first-order chi connectivity index (χ1) is 6.36.